The summed E-state index contributed by atoms with van der Waals surface area (Å²) >= 11 is 0. The number of carbonyl (C=O) groups is 3. The molecule has 0 radical (unpaired) electrons. The van der Waals surface area contributed by atoms with Crippen molar-refractivity contribution >= 4 is 29.3 Å². The lowest BCUT2D eigenvalue weighted by Gasteiger charge is -2.24. The molecule has 202 valence electrons. The molecule has 0 aromatic heterocycles. The maximum absolute atomic E-state index is 13.7. The van der Waals surface area contributed by atoms with Crippen LogP contribution in [-0.4, -0.2) is 28.8 Å². The Balaban J connectivity index is 1.39. The minimum Gasteiger partial charge on any atom is -0.438 e. The molecule has 3 amide bonds. The number of cyclic esters (lactones) is 1. The Morgan fingerprint density at radius 1 is 0.750 bits per heavy atom. The second-order valence-corrected chi connectivity index (χ2v) is 9.09. The van der Waals surface area contributed by atoms with E-state index in [9.17, 15) is 27.6 Å². The minimum atomic E-state index is -1.15. The van der Waals surface area contributed by atoms with Gasteiger partial charge in [-0.2, -0.15) is 0 Å². The van der Waals surface area contributed by atoms with Crippen LogP contribution in [-0.2, 0) is 16.1 Å². The second-order valence-electron chi connectivity index (χ2n) is 9.09. The summed E-state index contributed by atoms with van der Waals surface area (Å²) in [6.45, 7) is -0.0390. The number of ether oxygens (including phenoxy) is 1. The van der Waals surface area contributed by atoms with Gasteiger partial charge in [-0.3, -0.25) is 14.5 Å². The van der Waals surface area contributed by atoms with E-state index in [4.69, 9.17) is 4.74 Å². The molecule has 0 saturated carbocycles. The maximum atomic E-state index is 13.7. The van der Waals surface area contributed by atoms with Crippen LogP contribution in [0.5, 0.6) is 0 Å². The number of hydrogen-bond acceptors (Lipinski definition) is 4. The molecule has 5 rings (SSSR count). The van der Waals surface area contributed by atoms with E-state index in [1.54, 1.807) is 24.3 Å². The smallest absolute Gasteiger partial charge is 0.411 e. The Morgan fingerprint density at radius 2 is 1.40 bits per heavy atom. The summed E-state index contributed by atoms with van der Waals surface area (Å²) in [6.07, 6.45) is -1.80. The Labute approximate surface area is 227 Å². The highest BCUT2D eigenvalue weighted by atomic mass is 19.1. The number of hydrogen-bond donors (Lipinski definition) is 2. The van der Waals surface area contributed by atoms with Gasteiger partial charge in [0, 0.05) is 16.9 Å². The first kappa shape index (κ1) is 26.5. The van der Waals surface area contributed by atoms with E-state index in [1.165, 1.54) is 71.6 Å². The fourth-order valence-electron chi connectivity index (χ4n) is 4.34. The molecule has 40 heavy (non-hydrogen) atoms. The van der Waals surface area contributed by atoms with Gasteiger partial charge in [-0.1, -0.05) is 30.3 Å². The first-order chi connectivity index (χ1) is 19.3. The summed E-state index contributed by atoms with van der Waals surface area (Å²) < 4.78 is 45.9. The van der Waals surface area contributed by atoms with Crippen molar-refractivity contribution in [2.24, 2.45) is 0 Å². The van der Waals surface area contributed by atoms with Crippen molar-refractivity contribution in [1.82, 2.24) is 4.90 Å². The van der Waals surface area contributed by atoms with Gasteiger partial charge in [-0.25, -0.2) is 18.0 Å². The minimum absolute atomic E-state index is 0.0390. The molecule has 7 nitrogen and oxygen atoms in total. The van der Waals surface area contributed by atoms with E-state index in [-0.39, 0.29) is 17.8 Å². The Morgan fingerprint density at radius 3 is 2.05 bits per heavy atom. The fraction of sp³-hybridized carbons (Fsp3) is 0.100. The number of rotatable bonds is 7. The summed E-state index contributed by atoms with van der Waals surface area (Å²) in [6, 6.07) is 21.1. The number of nitrogens with one attached hydrogen (secondary N) is 2. The molecule has 2 N–H and O–H groups in total. The lowest BCUT2D eigenvalue weighted by atomic mass is 10.00. The van der Waals surface area contributed by atoms with Gasteiger partial charge in [0.05, 0.1) is 6.54 Å². The lowest BCUT2D eigenvalue weighted by molar-refractivity contribution is -0.121. The predicted octanol–water partition coefficient (Wildman–Crippen LogP) is 6.06. The predicted molar refractivity (Wildman–Crippen MR) is 141 cm³/mol. The van der Waals surface area contributed by atoms with Crippen LogP contribution in [0.25, 0.3) is 0 Å². The third kappa shape index (κ3) is 5.96. The third-order valence-corrected chi connectivity index (χ3v) is 6.32. The molecular weight excluding hydrogens is 523 g/mol. The van der Waals surface area contributed by atoms with E-state index < -0.39 is 47.5 Å². The van der Waals surface area contributed by atoms with Crippen molar-refractivity contribution in [2.75, 3.05) is 10.6 Å². The Kier molecular flexibility index (Phi) is 7.50. The molecule has 0 bridgehead atoms. The third-order valence-electron chi connectivity index (χ3n) is 6.32. The van der Waals surface area contributed by atoms with Gasteiger partial charge in [0.1, 0.15) is 17.5 Å². The molecule has 0 aliphatic carbocycles. The molecule has 1 saturated heterocycles. The van der Waals surface area contributed by atoms with Crippen LogP contribution in [0.1, 0.15) is 27.6 Å². The average molecular weight is 546 g/mol. The van der Waals surface area contributed by atoms with Crippen LogP contribution in [0, 0.1) is 17.5 Å². The highest BCUT2D eigenvalue weighted by Crippen LogP contribution is 2.35. The van der Waals surface area contributed by atoms with Crippen LogP contribution in [0.2, 0.25) is 0 Å². The molecule has 1 aliphatic heterocycles. The van der Waals surface area contributed by atoms with E-state index >= 15 is 0 Å². The highest BCUT2D eigenvalue weighted by Gasteiger charge is 2.47. The molecular formula is C30H22F3N3O4. The molecule has 4 aromatic rings. The molecule has 0 spiro atoms. The number of benzene rings is 4. The molecule has 1 fully saturated rings. The molecule has 10 heteroatoms. The number of halogens is 3. The van der Waals surface area contributed by atoms with Crippen molar-refractivity contribution in [3.8, 4) is 0 Å². The lowest BCUT2D eigenvalue weighted by Crippen LogP contribution is -2.43. The zero-order valence-corrected chi connectivity index (χ0v) is 20.8. The zero-order chi connectivity index (χ0) is 28.2. The summed E-state index contributed by atoms with van der Waals surface area (Å²) in [5, 5.41) is 5.33. The van der Waals surface area contributed by atoms with Crippen molar-refractivity contribution in [2.45, 2.75) is 18.7 Å². The molecule has 0 unspecified atom stereocenters. The number of carbonyl (C=O) groups excluding carboxylic acids is 3. The number of nitrogens with zero attached hydrogens (tertiary/aromatic N) is 1. The standard InChI is InChI=1S/C30H22F3N3O4/c31-21-10-4-18(5-11-21)17-36-26(29(38)35-25-3-1-2-23(33)16-25)27(40-30(36)39)19-8-14-24(15-9-19)34-28(37)20-6-12-22(32)13-7-20/h1-16,26-27H,17H2,(H,34,37)(H,35,38)/t26-,27+/m1/s1. The number of amides is 3. The van der Waals surface area contributed by atoms with Gasteiger partial charge in [0.2, 0.25) is 0 Å². The topological polar surface area (TPSA) is 87.7 Å². The summed E-state index contributed by atoms with van der Waals surface area (Å²) in [5.74, 6) is -2.52. The van der Waals surface area contributed by atoms with Crippen LogP contribution in [0.3, 0.4) is 0 Å². The van der Waals surface area contributed by atoms with Gasteiger partial charge in [0.15, 0.2) is 12.1 Å². The van der Waals surface area contributed by atoms with Crippen molar-refractivity contribution in [3.63, 3.8) is 0 Å². The van der Waals surface area contributed by atoms with E-state index in [2.05, 4.69) is 10.6 Å². The van der Waals surface area contributed by atoms with E-state index in [1.807, 2.05) is 0 Å². The quantitative estimate of drug-likeness (QED) is 0.296. The Hall–Kier alpha value is -5.12. The Bertz CT molecular complexity index is 1540. The summed E-state index contributed by atoms with van der Waals surface area (Å²) in [4.78, 5) is 40.1. The van der Waals surface area contributed by atoms with Crippen LogP contribution < -0.4 is 10.6 Å². The van der Waals surface area contributed by atoms with Gasteiger partial charge in [-0.15, -0.1) is 0 Å². The monoisotopic (exact) mass is 545 g/mol. The van der Waals surface area contributed by atoms with Crippen molar-refractivity contribution < 1.29 is 32.3 Å². The molecule has 1 heterocycles. The average Bonchev–Trinajstić information content (AvgIpc) is 3.26. The largest absolute Gasteiger partial charge is 0.438 e. The molecule has 1 aliphatic rings. The van der Waals surface area contributed by atoms with Gasteiger partial charge < -0.3 is 15.4 Å². The zero-order valence-electron chi connectivity index (χ0n) is 20.8. The SMILES string of the molecule is O=C(Nc1ccc([C@@H]2OC(=O)N(Cc3ccc(F)cc3)[C@H]2C(=O)Nc2cccc(F)c2)cc1)c1ccc(F)cc1. The van der Waals surface area contributed by atoms with Crippen LogP contribution >= 0.6 is 0 Å². The number of anilines is 2. The normalized spacial score (nSPS) is 16.4. The van der Waals surface area contributed by atoms with Crippen molar-refractivity contribution in [3.05, 3.63) is 131 Å². The first-order valence-electron chi connectivity index (χ1n) is 12.2. The van der Waals surface area contributed by atoms with Crippen molar-refractivity contribution in [1.29, 1.82) is 0 Å². The summed E-state index contributed by atoms with van der Waals surface area (Å²) in [5.41, 5.74) is 1.92. The molecule has 2 atom stereocenters. The van der Waals surface area contributed by atoms with Crippen LogP contribution in [0.4, 0.5) is 29.3 Å². The van der Waals surface area contributed by atoms with Gasteiger partial charge in [-0.05, 0) is 77.9 Å². The first-order valence-corrected chi connectivity index (χ1v) is 12.2. The fourth-order valence-corrected chi connectivity index (χ4v) is 4.34. The maximum Gasteiger partial charge on any atom is 0.411 e. The van der Waals surface area contributed by atoms with Gasteiger partial charge in [0.25, 0.3) is 11.8 Å². The highest BCUT2D eigenvalue weighted by molar-refractivity contribution is 6.04. The summed E-state index contributed by atoms with van der Waals surface area (Å²) in [7, 11) is 0. The van der Waals surface area contributed by atoms with Gasteiger partial charge >= 0.3 is 6.09 Å². The van der Waals surface area contributed by atoms with Crippen LogP contribution in [0.15, 0.2) is 97.1 Å². The second kappa shape index (κ2) is 11.3. The molecule has 4 aromatic carbocycles. The van der Waals surface area contributed by atoms with E-state index in [0.29, 0.717) is 16.8 Å². The van der Waals surface area contributed by atoms with E-state index in [0.717, 1.165) is 6.07 Å².